The molecule has 0 spiro atoms. The number of pyridine rings is 1. The van der Waals surface area contributed by atoms with Gasteiger partial charge in [-0.3, -0.25) is 14.5 Å². The van der Waals surface area contributed by atoms with Crippen LogP contribution in [0.4, 0.5) is 0 Å². The highest BCUT2D eigenvalue weighted by atomic mass is 32.1. The van der Waals surface area contributed by atoms with E-state index in [-0.39, 0.29) is 18.1 Å². The van der Waals surface area contributed by atoms with Crippen LogP contribution < -0.4 is 0 Å². The lowest BCUT2D eigenvalue weighted by Gasteiger charge is -2.33. The average Bonchev–Trinajstić information content (AvgIpc) is 3.39. The van der Waals surface area contributed by atoms with Crippen molar-refractivity contribution in [3.05, 3.63) is 35.5 Å². The molecule has 3 aromatic heterocycles. The molecule has 6 nitrogen and oxygen atoms in total. The summed E-state index contributed by atoms with van der Waals surface area (Å²) in [5, 5.41) is 6.91. The molecule has 134 valence electrons. The maximum Gasteiger partial charge on any atom is 0.252 e. The summed E-state index contributed by atoms with van der Waals surface area (Å²) < 4.78 is 8.81. The van der Waals surface area contributed by atoms with E-state index in [4.69, 9.17) is 9.84 Å². The van der Waals surface area contributed by atoms with Gasteiger partial charge >= 0.3 is 0 Å². The Morgan fingerprint density at radius 2 is 2.31 bits per heavy atom. The maximum atomic E-state index is 12.7. The van der Waals surface area contributed by atoms with Crippen molar-refractivity contribution in [2.75, 3.05) is 13.2 Å². The molecule has 26 heavy (non-hydrogen) atoms. The normalized spacial score (nSPS) is 22.7. The molecule has 0 radical (unpaired) electrons. The van der Waals surface area contributed by atoms with E-state index in [1.165, 1.54) is 0 Å². The van der Waals surface area contributed by atoms with Gasteiger partial charge in [-0.2, -0.15) is 5.10 Å². The standard InChI is InChI=1S/C19H20N4O2S/c1-12-10-22(19(24)17-3-2-7-25-17)11-13-9-16(21-23(12)13)14-4-6-20-15-5-8-26-18(14)15/h4-6,8-9,12,17H,2-3,7,10-11H2,1H3/t12-,17+/m0/s1. The molecule has 5 rings (SSSR count). The molecular formula is C19H20N4O2S. The summed E-state index contributed by atoms with van der Waals surface area (Å²) in [5.74, 6) is 0.118. The topological polar surface area (TPSA) is 60.3 Å². The fourth-order valence-electron chi connectivity index (χ4n) is 3.94. The van der Waals surface area contributed by atoms with Crippen LogP contribution in [0.2, 0.25) is 0 Å². The van der Waals surface area contributed by atoms with Gasteiger partial charge in [0.2, 0.25) is 0 Å². The Kier molecular flexibility index (Phi) is 3.79. The summed E-state index contributed by atoms with van der Waals surface area (Å²) in [6, 6.07) is 6.32. The molecule has 1 amide bonds. The van der Waals surface area contributed by atoms with Gasteiger partial charge in [-0.1, -0.05) is 0 Å². The van der Waals surface area contributed by atoms with Crippen LogP contribution in [-0.4, -0.2) is 44.8 Å². The number of rotatable bonds is 2. The summed E-state index contributed by atoms with van der Waals surface area (Å²) in [4.78, 5) is 19.1. The van der Waals surface area contributed by atoms with Gasteiger partial charge in [-0.05, 0) is 43.3 Å². The summed E-state index contributed by atoms with van der Waals surface area (Å²) in [7, 11) is 0. The maximum absolute atomic E-state index is 12.7. The first-order valence-corrected chi connectivity index (χ1v) is 9.90. The predicted molar refractivity (Wildman–Crippen MR) is 99.9 cm³/mol. The fourth-order valence-corrected chi connectivity index (χ4v) is 4.81. The van der Waals surface area contributed by atoms with Gasteiger partial charge < -0.3 is 9.64 Å². The average molecular weight is 368 g/mol. The molecule has 2 atom stereocenters. The smallest absolute Gasteiger partial charge is 0.252 e. The summed E-state index contributed by atoms with van der Waals surface area (Å²) in [6.07, 6.45) is 3.38. The van der Waals surface area contributed by atoms with Gasteiger partial charge in [-0.15, -0.1) is 11.3 Å². The zero-order chi connectivity index (χ0) is 17.7. The number of thiophene rings is 1. The van der Waals surface area contributed by atoms with Gasteiger partial charge in [0, 0.05) is 24.9 Å². The lowest BCUT2D eigenvalue weighted by Crippen LogP contribution is -2.44. The lowest BCUT2D eigenvalue weighted by molar-refractivity contribution is -0.143. The predicted octanol–water partition coefficient (Wildman–Crippen LogP) is 3.24. The Bertz CT molecular complexity index is 973. The number of aromatic nitrogens is 3. The van der Waals surface area contributed by atoms with Crippen molar-refractivity contribution < 1.29 is 9.53 Å². The largest absolute Gasteiger partial charge is 0.368 e. The highest BCUT2D eigenvalue weighted by molar-refractivity contribution is 7.17. The molecule has 1 saturated heterocycles. The Balaban J connectivity index is 1.48. The van der Waals surface area contributed by atoms with Gasteiger partial charge in [0.15, 0.2) is 0 Å². The van der Waals surface area contributed by atoms with Crippen LogP contribution in [0.3, 0.4) is 0 Å². The highest BCUT2D eigenvalue weighted by Crippen LogP contribution is 2.33. The number of hydrogen-bond donors (Lipinski definition) is 0. The van der Waals surface area contributed by atoms with Crippen LogP contribution in [-0.2, 0) is 16.1 Å². The van der Waals surface area contributed by atoms with Crippen molar-refractivity contribution in [2.24, 2.45) is 0 Å². The number of ether oxygens (including phenoxy) is 1. The lowest BCUT2D eigenvalue weighted by atomic mass is 10.1. The molecule has 0 aliphatic carbocycles. The zero-order valence-electron chi connectivity index (χ0n) is 14.6. The zero-order valence-corrected chi connectivity index (χ0v) is 15.4. The first-order chi connectivity index (χ1) is 12.7. The van der Waals surface area contributed by atoms with Crippen LogP contribution in [0.5, 0.6) is 0 Å². The highest BCUT2D eigenvalue weighted by Gasteiger charge is 2.33. The molecule has 0 unspecified atom stereocenters. The van der Waals surface area contributed by atoms with E-state index in [9.17, 15) is 4.79 Å². The van der Waals surface area contributed by atoms with E-state index in [0.29, 0.717) is 19.7 Å². The van der Waals surface area contributed by atoms with Gasteiger partial charge in [0.05, 0.1) is 34.2 Å². The van der Waals surface area contributed by atoms with Crippen LogP contribution in [0.1, 0.15) is 31.5 Å². The Hall–Kier alpha value is -2.25. The number of hydrogen-bond acceptors (Lipinski definition) is 5. The number of carbonyl (C=O) groups excluding carboxylic acids is 1. The van der Waals surface area contributed by atoms with Crippen LogP contribution in [0, 0.1) is 0 Å². The minimum Gasteiger partial charge on any atom is -0.368 e. The van der Waals surface area contributed by atoms with Crippen LogP contribution >= 0.6 is 11.3 Å². The van der Waals surface area contributed by atoms with Crippen molar-refractivity contribution in [1.29, 1.82) is 0 Å². The second-order valence-corrected chi connectivity index (χ2v) is 7.94. The second kappa shape index (κ2) is 6.17. The summed E-state index contributed by atoms with van der Waals surface area (Å²) in [5.41, 5.74) is 4.14. The number of fused-ring (bicyclic) bond motifs is 2. The third-order valence-corrected chi connectivity index (χ3v) is 6.14. The van der Waals surface area contributed by atoms with E-state index in [1.807, 2.05) is 23.2 Å². The minimum atomic E-state index is -0.262. The van der Waals surface area contributed by atoms with E-state index >= 15 is 0 Å². The van der Waals surface area contributed by atoms with E-state index in [2.05, 4.69) is 28.0 Å². The van der Waals surface area contributed by atoms with Crippen molar-refractivity contribution in [2.45, 2.75) is 38.5 Å². The third-order valence-electron chi connectivity index (χ3n) is 5.20. The fraction of sp³-hybridized carbons (Fsp3) is 0.421. The molecule has 0 saturated carbocycles. The number of carbonyl (C=O) groups is 1. The van der Waals surface area contributed by atoms with E-state index in [1.54, 1.807) is 11.3 Å². The molecule has 5 heterocycles. The van der Waals surface area contributed by atoms with Crippen molar-refractivity contribution >= 4 is 27.5 Å². The molecule has 0 bridgehead atoms. The Morgan fingerprint density at radius 3 is 3.15 bits per heavy atom. The van der Waals surface area contributed by atoms with Gasteiger partial charge in [0.1, 0.15) is 6.10 Å². The van der Waals surface area contributed by atoms with E-state index in [0.717, 1.165) is 40.0 Å². The van der Waals surface area contributed by atoms with Crippen LogP contribution in [0.25, 0.3) is 21.5 Å². The van der Waals surface area contributed by atoms with Gasteiger partial charge in [-0.25, -0.2) is 0 Å². The Labute approximate surface area is 155 Å². The molecular weight excluding hydrogens is 348 g/mol. The minimum absolute atomic E-state index is 0.118. The molecule has 2 aliphatic heterocycles. The van der Waals surface area contributed by atoms with Gasteiger partial charge in [0.25, 0.3) is 5.91 Å². The van der Waals surface area contributed by atoms with Crippen LogP contribution in [0.15, 0.2) is 29.8 Å². The molecule has 7 heteroatoms. The number of amides is 1. The molecule has 1 fully saturated rings. The molecule has 0 aromatic carbocycles. The number of nitrogens with zero attached hydrogens (tertiary/aromatic N) is 4. The first-order valence-electron chi connectivity index (χ1n) is 9.02. The summed E-state index contributed by atoms with van der Waals surface area (Å²) >= 11 is 1.68. The summed E-state index contributed by atoms with van der Waals surface area (Å²) in [6.45, 7) is 4.08. The SMILES string of the molecule is C[C@H]1CN(C(=O)[C@H]2CCCO2)Cc2cc(-c3ccnc4ccsc34)nn21. The van der Waals surface area contributed by atoms with Crippen molar-refractivity contribution in [1.82, 2.24) is 19.7 Å². The Morgan fingerprint density at radius 1 is 1.38 bits per heavy atom. The third kappa shape index (κ3) is 2.54. The van der Waals surface area contributed by atoms with Crippen molar-refractivity contribution in [3.63, 3.8) is 0 Å². The van der Waals surface area contributed by atoms with E-state index < -0.39 is 0 Å². The molecule has 0 N–H and O–H groups in total. The van der Waals surface area contributed by atoms with Crippen molar-refractivity contribution in [3.8, 4) is 11.3 Å². The molecule has 3 aromatic rings. The first kappa shape index (κ1) is 16.0. The second-order valence-electron chi connectivity index (χ2n) is 7.03. The quantitative estimate of drug-likeness (QED) is 0.697. The monoisotopic (exact) mass is 368 g/mol. The molecule has 2 aliphatic rings.